The summed E-state index contributed by atoms with van der Waals surface area (Å²) in [6.07, 6.45) is 4.84. The molecule has 1 fully saturated rings. The SMILES string of the molecule is CCNc1cncc(N(C)C2CCOC2C)n1. The lowest BCUT2D eigenvalue weighted by atomic mass is 10.1. The summed E-state index contributed by atoms with van der Waals surface area (Å²) in [6.45, 7) is 5.84. The van der Waals surface area contributed by atoms with Crippen molar-refractivity contribution < 1.29 is 4.74 Å². The van der Waals surface area contributed by atoms with Crippen LogP contribution in [0.5, 0.6) is 0 Å². The van der Waals surface area contributed by atoms with Gasteiger partial charge in [-0.1, -0.05) is 0 Å². The predicted molar refractivity (Wildman–Crippen MR) is 68.4 cm³/mol. The molecule has 1 saturated heterocycles. The topological polar surface area (TPSA) is 50.3 Å². The van der Waals surface area contributed by atoms with Crippen LogP contribution in [0.3, 0.4) is 0 Å². The zero-order valence-corrected chi connectivity index (χ0v) is 10.7. The number of ether oxygens (including phenoxy) is 1. The average molecular weight is 236 g/mol. The van der Waals surface area contributed by atoms with Gasteiger partial charge in [-0.25, -0.2) is 4.98 Å². The number of likely N-dealkylation sites (N-methyl/N-ethyl adjacent to an activating group) is 1. The first-order chi connectivity index (χ1) is 8.22. The Balaban J connectivity index is 2.12. The predicted octanol–water partition coefficient (Wildman–Crippen LogP) is 1.52. The molecule has 1 aromatic heterocycles. The molecule has 2 atom stereocenters. The zero-order chi connectivity index (χ0) is 12.3. The molecule has 0 radical (unpaired) electrons. The molecule has 1 aromatic rings. The molecule has 1 N–H and O–H groups in total. The number of hydrogen-bond donors (Lipinski definition) is 1. The van der Waals surface area contributed by atoms with Gasteiger partial charge in [-0.15, -0.1) is 0 Å². The third kappa shape index (κ3) is 2.66. The van der Waals surface area contributed by atoms with E-state index in [0.717, 1.165) is 31.2 Å². The van der Waals surface area contributed by atoms with Gasteiger partial charge in [0.1, 0.15) is 11.6 Å². The van der Waals surface area contributed by atoms with Crippen LogP contribution in [0.25, 0.3) is 0 Å². The summed E-state index contributed by atoms with van der Waals surface area (Å²) in [5, 5.41) is 3.17. The molecule has 2 heterocycles. The van der Waals surface area contributed by atoms with Crippen LogP contribution in [0.15, 0.2) is 12.4 Å². The third-order valence-electron chi connectivity index (χ3n) is 3.17. The van der Waals surface area contributed by atoms with E-state index in [9.17, 15) is 0 Å². The van der Waals surface area contributed by atoms with E-state index >= 15 is 0 Å². The summed E-state index contributed by atoms with van der Waals surface area (Å²) in [5.41, 5.74) is 0. The highest BCUT2D eigenvalue weighted by Gasteiger charge is 2.28. The molecular weight excluding hydrogens is 216 g/mol. The minimum absolute atomic E-state index is 0.254. The zero-order valence-electron chi connectivity index (χ0n) is 10.7. The number of aromatic nitrogens is 2. The fraction of sp³-hybridized carbons (Fsp3) is 0.667. The number of rotatable bonds is 4. The van der Waals surface area contributed by atoms with Crippen LogP contribution in [0.2, 0.25) is 0 Å². The number of hydrogen-bond acceptors (Lipinski definition) is 5. The van der Waals surface area contributed by atoms with Crippen LogP contribution in [-0.4, -0.2) is 42.3 Å². The second-order valence-corrected chi connectivity index (χ2v) is 4.34. The van der Waals surface area contributed by atoms with E-state index in [-0.39, 0.29) is 6.10 Å². The Morgan fingerprint density at radius 2 is 2.35 bits per heavy atom. The standard InChI is InChI=1S/C12H20N4O/c1-4-14-11-7-13-8-12(15-11)16(3)10-5-6-17-9(10)2/h7-10H,4-6H2,1-3H3,(H,14,15). The quantitative estimate of drug-likeness (QED) is 0.859. The van der Waals surface area contributed by atoms with Gasteiger partial charge < -0.3 is 15.0 Å². The van der Waals surface area contributed by atoms with E-state index in [1.807, 2.05) is 6.92 Å². The van der Waals surface area contributed by atoms with Crippen molar-refractivity contribution >= 4 is 11.6 Å². The van der Waals surface area contributed by atoms with Gasteiger partial charge in [-0.3, -0.25) is 4.98 Å². The molecule has 5 nitrogen and oxygen atoms in total. The monoisotopic (exact) mass is 236 g/mol. The van der Waals surface area contributed by atoms with Crippen molar-refractivity contribution in [1.82, 2.24) is 9.97 Å². The summed E-state index contributed by atoms with van der Waals surface area (Å²) in [7, 11) is 2.05. The molecule has 0 bridgehead atoms. The number of nitrogens with zero attached hydrogens (tertiary/aromatic N) is 3. The van der Waals surface area contributed by atoms with E-state index < -0.39 is 0 Å². The minimum atomic E-state index is 0.254. The maximum Gasteiger partial charge on any atom is 0.149 e. The van der Waals surface area contributed by atoms with Crippen molar-refractivity contribution in [2.24, 2.45) is 0 Å². The summed E-state index contributed by atoms with van der Waals surface area (Å²) < 4.78 is 5.58. The van der Waals surface area contributed by atoms with Crippen LogP contribution in [-0.2, 0) is 4.74 Å². The van der Waals surface area contributed by atoms with Crippen molar-refractivity contribution in [2.45, 2.75) is 32.4 Å². The lowest BCUT2D eigenvalue weighted by Gasteiger charge is -2.27. The Morgan fingerprint density at radius 3 is 3.00 bits per heavy atom. The van der Waals surface area contributed by atoms with E-state index in [0.29, 0.717) is 6.04 Å². The van der Waals surface area contributed by atoms with Crippen LogP contribution < -0.4 is 10.2 Å². The molecule has 0 amide bonds. The first kappa shape index (κ1) is 12.1. The van der Waals surface area contributed by atoms with Gasteiger partial charge in [0.25, 0.3) is 0 Å². The van der Waals surface area contributed by atoms with Gasteiger partial charge >= 0.3 is 0 Å². The molecule has 2 rings (SSSR count). The Hall–Kier alpha value is -1.36. The number of nitrogens with one attached hydrogen (secondary N) is 1. The lowest BCUT2D eigenvalue weighted by Crippen LogP contribution is -2.37. The van der Waals surface area contributed by atoms with Crippen LogP contribution in [0, 0.1) is 0 Å². The van der Waals surface area contributed by atoms with E-state index in [1.165, 1.54) is 0 Å². The summed E-state index contributed by atoms with van der Waals surface area (Å²) >= 11 is 0. The first-order valence-corrected chi connectivity index (χ1v) is 6.12. The van der Waals surface area contributed by atoms with Gasteiger partial charge in [0.15, 0.2) is 0 Å². The van der Waals surface area contributed by atoms with Crippen LogP contribution in [0.4, 0.5) is 11.6 Å². The van der Waals surface area contributed by atoms with Gasteiger partial charge in [-0.2, -0.15) is 0 Å². The highest BCUT2D eigenvalue weighted by molar-refractivity contribution is 5.44. The highest BCUT2D eigenvalue weighted by atomic mass is 16.5. The molecule has 0 aliphatic carbocycles. The second-order valence-electron chi connectivity index (χ2n) is 4.34. The van der Waals surface area contributed by atoms with E-state index in [2.05, 4.69) is 34.2 Å². The van der Waals surface area contributed by atoms with Crippen molar-refractivity contribution in [2.75, 3.05) is 30.4 Å². The molecule has 2 unspecified atom stereocenters. The summed E-state index contributed by atoms with van der Waals surface area (Å²) in [6, 6.07) is 0.390. The first-order valence-electron chi connectivity index (χ1n) is 6.12. The third-order valence-corrected chi connectivity index (χ3v) is 3.17. The highest BCUT2D eigenvalue weighted by Crippen LogP contribution is 2.22. The average Bonchev–Trinajstić information content (AvgIpc) is 2.75. The van der Waals surface area contributed by atoms with Gasteiger partial charge in [-0.05, 0) is 20.3 Å². The Kier molecular flexibility index (Phi) is 3.78. The molecule has 5 heteroatoms. The van der Waals surface area contributed by atoms with Crippen molar-refractivity contribution in [1.29, 1.82) is 0 Å². The molecular formula is C12H20N4O. The Morgan fingerprint density at radius 1 is 1.53 bits per heavy atom. The van der Waals surface area contributed by atoms with Crippen molar-refractivity contribution in [3.05, 3.63) is 12.4 Å². The molecule has 94 valence electrons. The van der Waals surface area contributed by atoms with Gasteiger partial charge in [0.2, 0.25) is 0 Å². The summed E-state index contributed by atoms with van der Waals surface area (Å²) in [4.78, 5) is 10.9. The van der Waals surface area contributed by atoms with Crippen molar-refractivity contribution in [3.8, 4) is 0 Å². The van der Waals surface area contributed by atoms with Crippen LogP contribution in [0.1, 0.15) is 20.3 Å². The van der Waals surface area contributed by atoms with Crippen molar-refractivity contribution in [3.63, 3.8) is 0 Å². The molecule has 0 saturated carbocycles. The maximum atomic E-state index is 5.58. The lowest BCUT2D eigenvalue weighted by molar-refractivity contribution is 0.118. The fourth-order valence-corrected chi connectivity index (χ4v) is 2.19. The fourth-order valence-electron chi connectivity index (χ4n) is 2.19. The number of anilines is 2. The molecule has 0 aromatic carbocycles. The smallest absolute Gasteiger partial charge is 0.149 e. The molecule has 1 aliphatic heterocycles. The van der Waals surface area contributed by atoms with Crippen LogP contribution >= 0.6 is 0 Å². The van der Waals surface area contributed by atoms with Gasteiger partial charge in [0.05, 0.1) is 24.5 Å². The minimum Gasteiger partial charge on any atom is -0.376 e. The molecule has 17 heavy (non-hydrogen) atoms. The van der Waals surface area contributed by atoms with E-state index in [4.69, 9.17) is 4.74 Å². The normalized spacial score (nSPS) is 23.7. The second kappa shape index (κ2) is 5.31. The Labute approximate surface area is 102 Å². The Bertz CT molecular complexity index is 371. The van der Waals surface area contributed by atoms with E-state index in [1.54, 1.807) is 12.4 Å². The van der Waals surface area contributed by atoms with Gasteiger partial charge in [0, 0.05) is 20.2 Å². The molecule has 0 spiro atoms. The largest absolute Gasteiger partial charge is 0.376 e. The summed E-state index contributed by atoms with van der Waals surface area (Å²) in [5.74, 6) is 1.72. The molecule has 1 aliphatic rings. The maximum absolute atomic E-state index is 5.58.